The molecule has 1 spiro atoms. The van der Waals surface area contributed by atoms with Crippen molar-refractivity contribution in [2.45, 2.75) is 32.2 Å². The molecule has 1 saturated heterocycles. The molecule has 2 rings (SSSR count). The van der Waals surface area contributed by atoms with Crippen LogP contribution in [0.2, 0.25) is 0 Å². The molecule has 2 aliphatic rings. The molecular formula is C12H18N2O. The van der Waals surface area contributed by atoms with Gasteiger partial charge in [0.15, 0.2) is 0 Å². The Labute approximate surface area is 91.0 Å². The third kappa shape index (κ3) is 2.00. The van der Waals surface area contributed by atoms with Crippen LogP contribution in [-0.2, 0) is 4.79 Å². The van der Waals surface area contributed by atoms with Crippen molar-refractivity contribution in [2.24, 2.45) is 11.3 Å². The first-order valence-corrected chi connectivity index (χ1v) is 5.65. The van der Waals surface area contributed by atoms with E-state index in [4.69, 9.17) is 6.42 Å². The lowest BCUT2D eigenvalue weighted by molar-refractivity contribution is -0.123. The van der Waals surface area contributed by atoms with Gasteiger partial charge in [-0.3, -0.25) is 4.79 Å². The SMILES string of the molecule is C#CC(C)NC(=O)C1CC12CCNCC2. The van der Waals surface area contributed by atoms with Gasteiger partial charge in [-0.25, -0.2) is 0 Å². The van der Waals surface area contributed by atoms with E-state index in [1.165, 1.54) is 0 Å². The number of amides is 1. The summed E-state index contributed by atoms with van der Waals surface area (Å²) in [5.41, 5.74) is 0.309. The minimum absolute atomic E-state index is 0.142. The quantitative estimate of drug-likeness (QED) is 0.647. The predicted molar refractivity (Wildman–Crippen MR) is 59.1 cm³/mol. The maximum absolute atomic E-state index is 11.8. The van der Waals surface area contributed by atoms with E-state index in [1.54, 1.807) is 0 Å². The molecule has 2 atom stereocenters. The molecule has 15 heavy (non-hydrogen) atoms. The molecule has 3 heteroatoms. The van der Waals surface area contributed by atoms with Crippen molar-refractivity contribution < 1.29 is 4.79 Å². The van der Waals surface area contributed by atoms with Crippen molar-refractivity contribution in [3.8, 4) is 12.3 Å². The largest absolute Gasteiger partial charge is 0.342 e. The number of carbonyl (C=O) groups excluding carboxylic acids is 1. The highest BCUT2D eigenvalue weighted by atomic mass is 16.2. The highest BCUT2D eigenvalue weighted by molar-refractivity contribution is 5.83. The van der Waals surface area contributed by atoms with Crippen molar-refractivity contribution in [2.75, 3.05) is 13.1 Å². The molecule has 1 heterocycles. The van der Waals surface area contributed by atoms with Crippen LogP contribution in [0, 0.1) is 23.7 Å². The number of terminal acetylenes is 1. The third-order valence-electron chi connectivity index (χ3n) is 3.71. The Bertz CT molecular complexity index is 299. The van der Waals surface area contributed by atoms with Crippen LogP contribution >= 0.6 is 0 Å². The van der Waals surface area contributed by atoms with Gasteiger partial charge in [-0.1, -0.05) is 5.92 Å². The number of carbonyl (C=O) groups is 1. The van der Waals surface area contributed by atoms with Crippen LogP contribution in [0.1, 0.15) is 26.2 Å². The first-order valence-electron chi connectivity index (χ1n) is 5.65. The second-order valence-corrected chi connectivity index (χ2v) is 4.77. The molecule has 2 unspecified atom stereocenters. The van der Waals surface area contributed by atoms with Gasteiger partial charge in [-0.05, 0) is 44.7 Å². The smallest absolute Gasteiger partial charge is 0.224 e. The van der Waals surface area contributed by atoms with Gasteiger partial charge in [0, 0.05) is 5.92 Å². The molecule has 0 aromatic rings. The van der Waals surface area contributed by atoms with E-state index < -0.39 is 0 Å². The van der Waals surface area contributed by atoms with Gasteiger partial charge in [0.05, 0.1) is 6.04 Å². The van der Waals surface area contributed by atoms with Crippen LogP contribution in [-0.4, -0.2) is 25.0 Å². The van der Waals surface area contributed by atoms with Crippen LogP contribution in [0.3, 0.4) is 0 Å². The van der Waals surface area contributed by atoms with Crippen LogP contribution in [0.15, 0.2) is 0 Å². The average Bonchev–Trinajstić information content (AvgIpc) is 2.93. The van der Waals surface area contributed by atoms with Crippen molar-refractivity contribution in [3.05, 3.63) is 0 Å². The van der Waals surface area contributed by atoms with Crippen molar-refractivity contribution in [1.82, 2.24) is 10.6 Å². The van der Waals surface area contributed by atoms with Crippen LogP contribution in [0.5, 0.6) is 0 Å². The number of hydrogen-bond acceptors (Lipinski definition) is 2. The Morgan fingerprint density at radius 2 is 2.27 bits per heavy atom. The van der Waals surface area contributed by atoms with Gasteiger partial charge in [0.25, 0.3) is 0 Å². The molecule has 1 amide bonds. The van der Waals surface area contributed by atoms with Gasteiger partial charge < -0.3 is 10.6 Å². The molecule has 1 aliphatic heterocycles. The maximum Gasteiger partial charge on any atom is 0.224 e. The lowest BCUT2D eigenvalue weighted by Gasteiger charge is -2.23. The summed E-state index contributed by atoms with van der Waals surface area (Å²) < 4.78 is 0. The third-order valence-corrected chi connectivity index (χ3v) is 3.71. The molecule has 1 aliphatic carbocycles. The number of rotatable bonds is 2. The fraction of sp³-hybridized carbons (Fsp3) is 0.750. The molecular weight excluding hydrogens is 188 g/mol. The summed E-state index contributed by atoms with van der Waals surface area (Å²) in [5, 5.41) is 6.20. The molecule has 0 aromatic heterocycles. The normalized spacial score (nSPS) is 29.2. The number of hydrogen-bond donors (Lipinski definition) is 2. The van der Waals surface area contributed by atoms with Gasteiger partial charge >= 0.3 is 0 Å². The van der Waals surface area contributed by atoms with E-state index in [2.05, 4.69) is 16.6 Å². The van der Waals surface area contributed by atoms with Crippen LogP contribution in [0.25, 0.3) is 0 Å². The molecule has 2 fully saturated rings. The lowest BCUT2D eigenvalue weighted by Crippen LogP contribution is -2.36. The first-order chi connectivity index (χ1) is 7.18. The zero-order valence-corrected chi connectivity index (χ0v) is 9.18. The highest BCUT2D eigenvalue weighted by Gasteiger charge is 2.57. The monoisotopic (exact) mass is 206 g/mol. The molecule has 0 aromatic carbocycles. The number of nitrogens with one attached hydrogen (secondary N) is 2. The summed E-state index contributed by atoms with van der Waals surface area (Å²) in [4.78, 5) is 11.8. The van der Waals surface area contributed by atoms with Crippen LogP contribution in [0.4, 0.5) is 0 Å². The Morgan fingerprint density at radius 1 is 1.60 bits per heavy atom. The van der Waals surface area contributed by atoms with Crippen molar-refractivity contribution in [1.29, 1.82) is 0 Å². The standard InChI is InChI=1S/C12H18N2O/c1-3-9(2)14-11(15)10-8-12(10)4-6-13-7-5-12/h1,9-10,13H,4-8H2,2H3,(H,14,15). The average molecular weight is 206 g/mol. The molecule has 0 bridgehead atoms. The van der Waals surface area contributed by atoms with Gasteiger partial charge in [0.1, 0.15) is 0 Å². The first kappa shape index (κ1) is 10.5. The highest BCUT2D eigenvalue weighted by Crippen LogP contribution is 2.58. The summed E-state index contributed by atoms with van der Waals surface area (Å²) in [7, 11) is 0. The summed E-state index contributed by atoms with van der Waals surface area (Å²) in [6.45, 7) is 3.94. The summed E-state index contributed by atoms with van der Waals surface area (Å²) in [6, 6.07) is -0.142. The molecule has 0 radical (unpaired) electrons. The number of piperidine rings is 1. The minimum atomic E-state index is -0.142. The fourth-order valence-electron chi connectivity index (χ4n) is 2.55. The second-order valence-electron chi connectivity index (χ2n) is 4.77. The van der Waals surface area contributed by atoms with E-state index >= 15 is 0 Å². The molecule has 3 nitrogen and oxygen atoms in total. The second kappa shape index (κ2) is 3.86. The molecule has 82 valence electrons. The fourth-order valence-corrected chi connectivity index (χ4v) is 2.55. The van der Waals surface area contributed by atoms with Gasteiger partial charge in [-0.15, -0.1) is 6.42 Å². The maximum atomic E-state index is 11.8. The topological polar surface area (TPSA) is 41.1 Å². The summed E-state index contributed by atoms with van der Waals surface area (Å²) in [5.74, 6) is 2.90. The Balaban J connectivity index is 1.87. The zero-order chi connectivity index (χ0) is 10.9. The van der Waals surface area contributed by atoms with Gasteiger partial charge in [0.2, 0.25) is 5.91 Å². The Kier molecular flexibility index (Phi) is 2.70. The summed E-state index contributed by atoms with van der Waals surface area (Å²) >= 11 is 0. The Hall–Kier alpha value is -1.01. The van der Waals surface area contributed by atoms with E-state index in [9.17, 15) is 4.79 Å². The van der Waals surface area contributed by atoms with Crippen molar-refractivity contribution >= 4 is 5.91 Å². The zero-order valence-electron chi connectivity index (χ0n) is 9.18. The predicted octanol–water partition coefficient (Wildman–Crippen LogP) is 0.514. The van der Waals surface area contributed by atoms with Crippen LogP contribution < -0.4 is 10.6 Å². The van der Waals surface area contributed by atoms with E-state index in [0.29, 0.717) is 5.41 Å². The summed E-state index contributed by atoms with van der Waals surface area (Å²) in [6.07, 6.45) is 8.56. The van der Waals surface area contributed by atoms with E-state index in [-0.39, 0.29) is 17.9 Å². The lowest BCUT2D eigenvalue weighted by atomic mass is 9.91. The minimum Gasteiger partial charge on any atom is -0.342 e. The van der Waals surface area contributed by atoms with Gasteiger partial charge in [-0.2, -0.15) is 0 Å². The Morgan fingerprint density at radius 3 is 2.87 bits per heavy atom. The molecule has 1 saturated carbocycles. The van der Waals surface area contributed by atoms with E-state index in [0.717, 1.165) is 32.4 Å². The molecule has 2 N–H and O–H groups in total. The van der Waals surface area contributed by atoms with E-state index in [1.807, 2.05) is 6.92 Å². The van der Waals surface area contributed by atoms with Crippen molar-refractivity contribution in [3.63, 3.8) is 0 Å².